The van der Waals surface area contributed by atoms with Crippen LogP contribution in [-0.2, 0) is 16.1 Å². The Morgan fingerprint density at radius 2 is 1.55 bits per heavy atom. The first-order valence-electron chi connectivity index (χ1n) is 11.9. The van der Waals surface area contributed by atoms with Crippen molar-refractivity contribution < 1.29 is 9.59 Å². The molecule has 0 radical (unpaired) electrons. The summed E-state index contributed by atoms with van der Waals surface area (Å²) in [4.78, 5) is 41.1. The predicted molar refractivity (Wildman–Crippen MR) is 121 cm³/mol. The predicted octanol–water partition coefficient (Wildman–Crippen LogP) is 2.75. The summed E-state index contributed by atoms with van der Waals surface area (Å²) in [6.07, 6.45) is 9.48. The van der Waals surface area contributed by atoms with Crippen LogP contribution in [0.25, 0.3) is 0 Å². The molecule has 0 N–H and O–H groups in total. The lowest BCUT2D eigenvalue weighted by Gasteiger charge is -2.39. The van der Waals surface area contributed by atoms with Gasteiger partial charge in [-0.15, -0.1) is 0 Å². The minimum absolute atomic E-state index is 0.0300. The molecule has 3 heterocycles. The molecule has 1 aromatic rings. The number of likely N-dealkylation sites (N-methyl/N-ethyl adjacent to an activating group) is 1. The largest absolute Gasteiger partial charge is 0.341 e. The zero-order valence-electron chi connectivity index (χ0n) is 19.5. The normalized spacial score (nSPS) is 28.7. The second kappa shape index (κ2) is 9.23. The van der Waals surface area contributed by atoms with Crippen molar-refractivity contribution >= 4 is 17.6 Å². The van der Waals surface area contributed by atoms with Crippen molar-refractivity contribution in [1.29, 1.82) is 0 Å². The monoisotopic (exact) mass is 427 g/mol. The number of Topliss-reactive ketones (excluding diaryl/α,β-unsaturated/α-hetero) is 1. The van der Waals surface area contributed by atoms with Gasteiger partial charge in [0.2, 0.25) is 11.9 Å². The topological polar surface area (TPSA) is 69.6 Å². The van der Waals surface area contributed by atoms with Crippen molar-refractivity contribution in [3.8, 4) is 0 Å². The van der Waals surface area contributed by atoms with E-state index in [1.807, 2.05) is 33.3 Å². The summed E-state index contributed by atoms with van der Waals surface area (Å²) in [5, 5.41) is 0. The maximum absolute atomic E-state index is 12.9. The lowest BCUT2D eigenvalue weighted by atomic mass is 9.77. The molecule has 2 unspecified atom stereocenters. The van der Waals surface area contributed by atoms with E-state index in [1.165, 1.54) is 12.8 Å². The maximum Gasteiger partial charge on any atom is 0.225 e. The summed E-state index contributed by atoms with van der Waals surface area (Å²) in [5.41, 5.74) is 0.963. The van der Waals surface area contributed by atoms with Crippen LogP contribution in [-0.4, -0.2) is 70.7 Å². The number of hydrogen-bond acceptors (Lipinski definition) is 6. The molecule has 4 rings (SSSR count). The summed E-state index contributed by atoms with van der Waals surface area (Å²) in [5.74, 6) is 1.61. The molecule has 2 bridgehead atoms. The molecule has 3 fully saturated rings. The maximum atomic E-state index is 12.9. The fourth-order valence-corrected chi connectivity index (χ4v) is 5.76. The highest BCUT2D eigenvalue weighted by Gasteiger charge is 2.40. The molecule has 2 aliphatic heterocycles. The van der Waals surface area contributed by atoms with E-state index >= 15 is 0 Å². The van der Waals surface area contributed by atoms with Gasteiger partial charge in [-0.05, 0) is 45.6 Å². The Hall–Kier alpha value is -2.02. The van der Waals surface area contributed by atoms with Crippen LogP contribution in [0, 0.1) is 17.8 Å². The Kier molecular flexibility index (Phi) is 6.60. The van der Waals surface area contributed by atoms with Gasteiger partial charge < -0.3 is 14.7 Å². The number of aromatic nitrogens is 2. The van der Waals surface area contributed by atoms with Crippen LogP contribution in [0.1, 0.15) is 57.9 Å². The van der Waals surface area contributed by atoms with Gasteiger partial charge in [-0.2, -0.15) is 0 Å². The highest BCUT2D eigenvalue weighted by atomic mass is 16.2. The fraction of sp³-hybridized carbons (Fsp3) is 0.750. The molecule has 31 heavy (non-hydrogen) atoms. The van der Waals surface area contributed by atoms with Gasteiger partial charge >= 0.3 is 0 Å². The van der Waals surface area contributed by atoms with E-state index in [1.54, 1.807) is 4.90 Å². The van der Waals surface area contributed by atoms with Crippen LogP contribution in [0.4, 0.5) is 5.95 Å². The third-order valence-corrected chi connectivity index (χ3v) is 7.43. The first-order valence-corrected chi connectivity index (χ1v) is 11.9. The minimum Gasteiger partial charge on any atom is -0.341 e. The average Bonchev–Trinajstić information content (AvgIpc) is 3.04. The molecule has 7 nitrogen and oxygen atoms in total. The van der Waals surface area contributed by atoms with Crippen LogP contribution >= 0.6 is 0 Å². The lowest BCUT2D eigenvalue weighted by Crippen LogP contribution is -2.53. The Morgan fingerprint density at radius 3 is 2.10 bits per heavy atom. The zero-order valence-corrected chi connectivity index (χ0v) is 19.5. The molecule has 170 valence electrons. The number of carbonyl (C=O) groups is 2. The van der Waals surface area contributed by atoms with E-state index in [4.69, 9.17) is 0 Å². The molecule has 2 saturated heterocycles. The molecule has 1 aromatic heterocycles. The summed E-state index contributed by atoms with van der Waals surface area (Å²) < 4.78 is 0. The van der Waals surface area contributed by atoms with E-state index in [0.717, 1.165) is 50.3 Å². The van der Waals surface area contributed by atoms with E-state index < -0.39 is 0 Å². The van der Waals surface area contributed by atoms with Gasteiger partial charge in [-0.1, -0.05) is 13.8 Å². The molecule has 1 amide bonds. The third-order valence-electron chi connectivity index (χ3n) is 7.43. The Labute approximate surface area is 186 Å². The Balaban J connectivity index is 1.30. The number of nitrogens with zero attached hydrogens (tertiary/aromatic N) is 5. The van der Waals surface area contributed by atoms with Gasteiger partial charge in [-0.25, -0.2) is 9.97 Å². The van der Waals surface area contributed by atoms with E-state index in [0.29, 0.717) is 24.4 Å². The first kappa shape index (κ1) is 22.2. The number of piperazine rings is 1. The molecule has 7 heteroatoms. The highest BCUT2D eigenvalue weighted by molar-refractivity contribution is 5.83. The lowest BCUT2D eigenvalue weighted by molar-refractivity contribution is -0.137. The SMILES string of the molecule is CC(C)C(=O)C1CCC(C(=O)N(C)Cc2cnc(N3C4CCC3CN(C)C4)nc2)CC1. The molecular formula is C24H37N5O2. The molecule has 0 aromatic carbocycles. The number of ketones is 1. The van der Waals surface area contributed by atoms with Gasteiger partial charge in [0.1, 0.15) is 5.78 Å². The summed E-state index contributed by atoms with van der Waals surface area (Å²) >= 11 is 0. The number of rotatable bonds is 6. The van der Waals surface area contributed by atoms with E-state index in [-0.39, 0.29) is 23.7 Å². The third kappa shape index (κ3) is 4.76. The molecule has 1 saturated carbocycles. The van der Waals surface area contributed by atoms with Crippen LogP contribution in [0.5, 0.6) is 0 Å². The van der Waals surface area contributed by atoms with Crippen LogP contribution in [0.2, 0.25) is 0 Å². The van der Waals surface area contributed by atoms with E-state index in [2.05, 4.69) is 26.8 Å². The van der Waals surface area contributed by atoms with Gasteiger partial charge in [0.05, 0.1) is 0 Å². The standard InChI is InChI=1S/C24H37N5O2/c1-16(2)22(30)18-5-7-19(8-6-18)23(31)28(4)13-17-11-25-24(26-12-17)29-20-9-10-21(29)15-27(3)14-20/h11-12,16,18-21H,5-10,13-15H2,1-4H3. The number of carbonyl (C=O) groups excluding carboxylic acids is 2. The van der Waals surface area contributed by atoms with Gasteiger partial charge in [-0.3, -0.25) is 9.59 Å². The first-order chi connectivity index (χ1) is 14.8. The second-order valence-corrected chi connectivity index (χ2v) is 10.2. The van der Waals surface area contributed by atoms with Crippen molar-refractivity contribution in [2.75, 3.05) is 32.1 Å². The van der Waals surface area contributed by atoms with Gasteiger partial charge in [0, 0.05) is 74.5 Å². The smallest absolute Gasteiger partial charge is 0.225 e. The summed E-state index contributed by atoms with van der Waals surface area (Å²) in [6.45, 7) is 6.61. The fourth-order valence-electron chi connectivity index (χ4n) is 5.76. The summed E-state index contributed by atoms with van der Waals surface area (Å²) in [6, 6.07) is 1.02. The second-order valence-electron chi connectivity index (χ2n) is 10.2. The van der Waals surface area contributed by atoms with Gasteiger partial charge in [0.15, 0.2) is 0 Å². The number of fused-ring (bicyclic) bond motifs is 2. The van der Waals surface area contributed by atoms with Crippen LogP contribution < -0.4 is 4.90 Å². The Bertz CT molecular complexity index is 774. The van der Waals surface area contributed by atoms with Crippen LogP contribution in [0.3, 0.4) is 0 Å². The number of hydrogen-bond donors (Lipinski definition) is 0. The number of likely N-dealkylation sites (tertiary alicyclic amines) is 1. The Morgan fingerprint density at radius 1 is 1.00 bits per heavy atom. The van der Waals surface area contributed by atoms with Gasteiger partial charge in [0.25, 0.3) is 0 Å². The van der Waals surface area contributed by atoms with Crippen molar-refractivity contribution in [3.63, 3.8) is 0 Å². The van der Waals surface area contributed by atoms with Crippen molar-refractivity contribution in [3.05, 3.63) is 18.0 Å². The van der Waals surface area contributed by atoms with Crippen molar-refractivity contribution in [2.24, 2.45) is 17.8 Å². The quantitative estimate of drug-likeness (QED) is 0.695. The van der Waals surface area contributed by atoms with E-state index in [9.17, 15) is 9.59 Å². The molecular weight excluding hydrogens is 390 g/mol. The molecule has 0 spiro atoms. The molecule has 3 aliphatic rings. The average molecular weight is 428 g/mol. The molecule has 1 aliphatic carbocycles. The minimum atomic E-state index is 0.0300. The number of anilines is 1. The van der Waals surface area contributed by atoms with Crippen molar-refractivity contribution in [1.82, 2.24) is 19.8 Å². The van der Waals surface area contributed by atoms with Crippen LogP contribution in [0.15, 0.2) is 12.4 Å². The summed E-state index contributed by atoms with van der Waals surface area (Å²) in [7, 11) is 4.05. The number of amides is 1. The molecule has 2 atom stereocenters. The van der Waals surface area contributed by atoms with Crippen molar-refractivity contribution in [2.45, 2.75) is 71.0 Å². The highest BCUT2D eigenvalue weighted by Crippen LogP contribution is 2.33. The zero-order chi connectivity index (χ0) is 22.1.